The highest BCUT2D eigenvalue weighted by Crippen LogP contribution is 2.28. The summed E-state index contributed by atoms with van der Waals surface area (Å²) < 4.78 is 12.4. The van der Waals surface area contributed by atoms with E-state index in [1.54, 1.807) is 31.7 Å². The summed E-state index contributed by atoms with van der Waals surface area (Å²) in [5.74, 6) is 2.10. The third-order valence-corrected chi connectivity index (χ3v) is 5.22. The Morgan fingerprint density at radius 3 is 2.76 bits per heavy atom. The van der Waals surface area contributed by atoms with Crippen LogP contribution in [0.5, 0.6) is 5.75 Å². The second kappa shape index (κ2) is 9.33. The minimum absolute atomic E-state index is 0.0551. The summed E-state index contributed by atoms with van der Waals surface area (Å²) >= 11 is 5.95. The minimum Gasteiger partial charge on any atom is -0.496 e. The first kappa shape index (κ1) is 22.3. The number of methoxy groups -OCH3 is 1. The first-order chi connectivity index (χ1) is 15.9. The minimum atomic E-state index is -1.26. The largest absolute Gasteiger partial charge is 0.496 e. The van der Waals surface area contributed by atoms with Crippen LogP contribution in [0.2, 0.25) is 0 Å². The normalized spacial score (nSPS) is 11.0. The quantitative estimate of drug-likeness (QED) is 0.326. The Bertz CT molecular complexity index is 1320. The standard InChI is InChI=1S/C21H22ClN7O4/c1-11-6-15(28-33-11)9-23-19-18-17(24-20(25-19)26-21(30)31)12(2)27-29(18)10-14-5-4-13(8-22)7-16(14)32-3/h4-7H,8-10H2,1-3H3,(H,30,31)(H2,23,24,25,26). The van der Waals surface area contributed by atoms with E-state index in [-0.39, 0.29) is 5.95 Å². The lowest BCUT2D eigenvalue weighted by Gasteiger charge is -2.13. The number of nitrogens with zero attached hydrogens (tertiary/aromatic N) is 5. The number of anilines is 2. The Kier molecular flexibility index (Phi) is 6.31. The molecular formula is C21H22ClN7O4. The van der Waals surface area contributed by atoms with Gasteiger partial charge in [-0.05, 0) is 25.5 Å². The highest BCUT2D eigenvalue weighted by atomic mass is 35.5. The van der Waals surface area contributed by atoms with Crippen LogP contribution < -0.4 is 15.4 Å². The predicted molar refractivity (Wildman–Crippen MR) is 122 cm³/mol. The van der Waals surface area contributed by atoms with Crippen molar-refractivity contribution < 1.29 is 19.2 Å². The van der Waals surface area contributed by atoms with Crippen LogP contribution in [0.15, 0.2) is 28.8 Å². The monoisotopic (exact) mass is 471 g/mol. The van der Waals surface area contributed by atoms with Gasteiger partial charge in [-0.25, -0.2) is 9.78 Å². The second-order valence-electron chi connectivity index (χ2n) is 7.33. The fourth-order valence-corrected chi connectivity index (χ4v) is 3.63. The molecule has 1 aromatic carbocycles. The van der Waals surface area contributed by atoms with Crippen LogP contribution in [0.25, 0.3) is 11.0 Å². The number of alkyl halides is 1. The molecule has 0 atom stereocenters. The van der Waals surface area contributed by atoms with E-state index in [9.17, 15) is 4.79 Å². The fourth-order valence-electron chi connectivity index (χ4n) is 3.46. The van der Waals surface area contributed by atoms with E-state index in [0.717, 1.165) is 11.1 Å². The SMILES string of the molecule is COc1cc(CCl)ccc1Cn1nc(C)c2nc(NC(=O)O)nc(NCc3cc(C)on3)c21. The highest BCUT2D eigenvalue weighted by Gasteiger charge is 2.19. The lowest BCUT2D eigenvalue weighted by molar-refractivity contribution is 0.209. The smallest absolute Gasteiger partial charge is 0.411 e. The summed E-state index contributed by atoms with van der Waals surface area (Å²) in [7, 11) is 1.60. The van der Waals surface area contributed by atoms with Crippen LogP contribution in [0.4, 0.5) is 16.6 Å². The summed E-state index contributed by atoms with van der Waals surface area (Å²) in [4.78, 5) is 19.9. The van der Waals surface area contributed by atoms with Gasteiger partial charge in [0.05, 0.1) is 25.9 Å². The average molecular weight is 472 g/mol. The summed E-state index contributed by atoms with van der Waals surface area (Å²) in [5, 5.41) is 23.1. The first-order valence-corrected chi connectivity index (χ1v) is 10.5. The molecule has 0 aliphatic heterocycles. The summed E-state index contributed by atoms with van der Waals surface area (Å²) in [6, 6.07) is 7.55. The van der Waals surface area contributed by atoms with Gasteiger partial charge in [0.1, 0.15) is 28.2 Å². The van der Waals surface area contributed by atoms with Gasteiger partial charge in [-0.15, -0.1) is 11.6 Å². The van der Waals surface area contributed by atoms with Crippen LogP contribution in [-0.4, -0.2) is 43.2 Å². The number of nitrogens with one attached hydrogen (secondary N) is 2. The number of carbonyl (C=O) groups is 1. The molecule has 0 bridgehead atoms. The molecule has 0 saturated heterocycles. The van der Waals surface area contributed by atoms with Crippen molar-refractivity contribution in [3.8, 4) is 5.75 Å². The number of carboxylic acid groups (broad SMARTS) is 1. The molecule has 3 aromatic heterocycles. The molecule has 11 nitrogen and oxygen atoms in total. The number of halogens is 1. The number of aryl methyl sites for hydroxylation is 2. The molecule has 0 spiro atoms. The molecule has 33 heavy (non-hydrogen) atoms. The van der Waals surface area contributed by atoms with Crippen LogP contribution in [0.3, 0.4) is 0 Å². The van der Waals surface area contributed by atoms with Gasteiger partial charge in [-0.1, -0.05) is 17.3 Å². The molecule has 0 saturated carbocycles. The molecule has 4 aromatic rings. The molecular weight excluding hydrogens is 450 g/mol. The van der Waals surface area contributed by atoms with Gasteiger partial charge in [-0.3, -0.25) is 10.00 Å². The van der Waals surface area contributed by atoms with Crippen molar-refractivity contribution in [2.45, 2.75) is 32.8 Å². The predicted octanol–water partition coefficient (Wildman–Crippen LogP) is 3.93. The van der Waals surface area contributed by atoms with Crippen molar-refractivity contribution in [1.29, 1.82) is 0 Å². The molecule has 0 unspecified atom stereocenters. The van der Waals surface area contributed by atoms with E-state index >= 15 is 0 Å². The van der Waals surface area contributed by atoms with Crippen molar-refractivity contribution >= 4 is 40.5 Å². The number of ether oxygens (including phenoxy) is 1. The zero-order chi connectivity index (χ0) is 23.5. The maximum Gasteiger partial charge on any atom is 0.411 e. The third-order valence-electron chi connectivity index (χ3n) is 4.91. The molecule has 0 radical (unpaired) electrons. The van der Waals surface area contributed by atoms with Gasteiger partial charge in [0, 0.05) is 17.5 Å². The Labute approximate surface area is 193 Å². The number of aromatic nitrogens is 5. The van der Waals surface area contributed by atoms with Gasteiger partial charge >= 0.3 is 6.09 Å². The van der Waals surface area contributed by atoms with Crippen LogP contribution >= 0.6 is 11.6 Å². The van der Waals surface area contributed by atoms with Crippen molar-refractivity contribution in [3.05, 3.63) is 52.5 Å². The van der Waals surface area contributed by atoms with Gasteiger partial charge in [0.15, 0.2) is 5.82 Å². The Morgan fingerprint density at radius 1 is 1.27 bits per heavy atom. The molecule has 172 valence electrons. The Hall–Kier alpha value is -3.86. The van der Waals surface area contributed by atoms with E-state index in [1.807, 2.05) is 18.2 Å². The number of rotatable bonds is 8. The summed E-state index contributed by atoms with van der Waals surface area (Å²) in [6.07, 6.45) is -1.26. The van der Waals surface area contributed by atoms with Crippen molar-refractivity contribution in [2.24, 2.45) is 0 Å². The van der Waals surface area contributed by atoms with Gasteiger partial charge < -0.3 is 19.7 Å². The second-order valence-corrected chi connectivity index (χ2v) is 7.60. The van der Waals surface area contributed by atoms with Crippen LogP contribution in [0.1, 0.15) is 28.3 Å². The summed E-state index contributed by atoms with van der Waals surface area (Å²) in [6.45, 7) is 4.29. The number of fused-ring (bicyclic) bond motifs is 1. The first-order valence-electron chi connectivity index (χ1n) is 10.0. The van der Waals surface area contributed by atoms with Crippen molar-refractivity contribution in [3.63, 3.8) is 0 Å². The van der Waals surface area contributed by atoms with E-state index in [2.05, 4.69) is 30.9 Å². The molecule has 4 rings (SSSR count). The van der Waals surface area contributed by atoms with Crippen LogP contribution in [-0.2, 0) is 19.0 Å². The lowest BCUT2D eigenvalue weighted by atomic mass is 10.1. The number of amides is 1. The maximum absolute atomic E-state index is 11.2. The van der Waals surface area contributed by atoms with Crippen LogP contribution in [0, 0.1) is 13.8 Å². The van der Waals surface area contributed by atoms with E-state index in [0.29, 0.717) is 58.7 Å². The average Bonchev–Trinajstić information content (AvgIpc) is 3.34. The molecule has 3 heterocycles. The van der Waals surface area contributed by atoms with Gasteiger partial charge in [0.25, 0.3) is 0 Å². The Balaban J connectivity index is 1.77. The maximum atomic E-state index is 11.2. The number of hydrogen-bond acceptors (Lipinski definition) is 8. The van der Waals surface area contributed by atoms with E-state index in [1.165, 1.54) is 0 Å². The molecule has 1 amide bonds. The zero-order valence-electron chi connectivity index (χ0n) is 18.2. The summed E-state index contributed by atoms with van der Waals surface area (Å²) in [5.41, 5.74) is 4.26. The number of hydrogen-bond donors (Lipinski definition) is 3. The molecule has 0 fully saturated rings. The molecule has 12 heteroatoms. The highest BCUT2D eigenvalue weighted by molar-refractivity contribution is 6.17. The van der Waals surface area contributed by atoms with Crippen molar-refractivity contribution in [1.82, 2.24) is 24.9 Å². The zero-order valence-corrected chi connectivity index (χ0v) is 19.0. The van der Waals surface area contributed by atoms with Gasteiger partial charge in [0.2, 0.25) is 5.95 Å². The van der Waals surface area contributed by atoms with Crippen molar-refractivity contribution in [2.75, 3.05) is 17.7 Å². The lowest BCUT2D eigenvalue weighted by Crippen LogP contribution is -2.13. The van der Waals surface area contributed by atoms with Gasteiger partial charge in [-0.2, -0.15) is 10.1 Å². The molecule has 0 aliphatic rings. The molecule has 3 N–H and O–H groups in total. The fraction of sp³-hybridized carbons (Fsp3) is 0.286. The Morgan fingerprint density at radius 2 is 2.09 bits per heavy atom. The number of benzene rings is 1. The topological polar surface area (TPSA) is 140 Å². The van der Waals surface area contributed by atoms with E-state index < -0.39 is 6.09 Å². The van der Waals surface area contributed by atoms with E-state index in [4.69, 9.17) is 26.0 Å². The third kappa shape index (κ3) is 4.82. The molecule has 0 aliphatic carbocycles.